The fourth-order valence-corrected chi connectivity index (χ4v) is 3.88. The van der Waals surface area contributed by atoms with Crippen molar-refractivity contribution in [3.8, 4) is 11.1 Å². The van der Waals surface area contributed by atoms with E-state index in [1.54, 1.807) is 23.1 Å². The zero-order chi connectivity index (χ0) is 22.1. The average Bonchev–Trinajstić information content (AvgIpc) is 2.63. The first-order chi connectivity index (χ1) is 14.0. The second-order valence-corrected chi connectivity index (χ2v) is 13.9. The molecule has 0 bridgehead atoms. The molecule has 8 heteroatoms. The first kappa shape index (κ1) is 22.4. The summed E-state index contributed by atoms with van der Waals surface area (Å²) < 4.78 is 36.0. The van der Waals surface area contributed by atoms with Gasteiger partial charge in [-0.2, -0.15) is 0 Å². The zero-order valence-electron chi connectivity index (χ0n) is 18.4. The van der Waals surface area contributed by atoms with Gasteiger partial charge in [0.25, 0.3) is 0 Å². The zero-order valence-corrected chi connectivity index (χ0v) is 19.4. The molecule has 0 aliphatic carbocycles. The Morgan fingerprint density at radius 2 is 1.90 bits per heavy atom. The van der Waals surface area contributed by atoms with Crippen LogP contribution in [-0.2, 0) is 15.9 Å². The molecule has 0 unspecified atom stereocenters. The number of rotatable bonds is 6. The number of benzene rings is 1. The van der Waals surface area contributed by atoms with Crippen LogP contribution in [0.5, 0.6) is 0 Å². The Labute approximate surface area is 177 Å². The highest BCUT2D eigenvalue weighted by Gasteiger charge is 2.37. The van der Waals surface area contributed by atoms with Gasteiger partial charge in [0, 0.05) is 22.9 Å². The molecule has 0 radical (unpaired) electrons. The molecular formula is C22H29F2N3O2Si. The first-order valence-corrected chi connectivity index (χ1v) is 12.9. The topological polar surface area (TPSA) is 47.0 Å². The molecule has 0 amide bonds. The van der Waals surface area contributed by atoms with E-state index < -0.39 is 20.0 Å². The van der Waals surface area contributed by atoms with Crippen molar-refractivity contribution in [2.45, 2.75) is 45.5 Å². The number of halogens is 2. The van der Waals surface area contributed by atoms with Gasteiger partial charge >= 0.3 is 0 Å². The number of pyridine rings is 1. The molecule has 1 aliphatic heterocycles. The fraction of sp³-hybridized carbons (Fsp3) is 0.455. The van der Waals surface area contributed by atoms with Crippen LogP contribution in [0, 0.1) is 11.6 Å². The predicted octanol–water partition coefficient (Wildman–Crippen LogP) is 5.37. The largest absolute Gasteiger partial charge is 0.412 e. The molecule has 1 fully saturated rings. The Bertz CT molecular complexity index is 950. The maximum atomic E-state index is 15.2. The second kappa shape index (κ2) is 8.43. The molecule has 1 aliphatic rings. The standard InChI is InChI=1S/C22H29F2N3O2Si/c1-22(2,3)30(5,6)29-14-15-8-7-9-18(20(15)24)16-10-19(23)21(25-11-16)27-12-17(13-27)26-28-4/h7-11H,12-14H2,1-6H3. The van der Waals surface area contributed by atoms with Crippen LogP contribution in [0.25, 0.3) is 11.1 Å². The van der Waals surface area contributed by atoms with Gasteiger partial charge in [0.05, 0.1) is 25.4 Å². The van der Waals surface area contributed by atoms with E-state index in [0.717, 1.165) is 5.71 Å². The van der Waals surface area contributed by atoms with Crippen molar-refractivity contribution < 1.29 is 18.0 Å². The minimum absolute atomic E-state index is 0.0364. The van der Waals surface area contributed by atoms with Gasteiger partial charge in [-0.15, -0.1) is 0 Å². The van der Waals surface area contributed by atoms with Gasteiger partial charge in [0.15, 0.2) is 20.0 Å². The molecule has 1 aromatic heterocycles. The molecule has 3 rings (SSSR count). The highest BCUT2D eigenvalue weighted by molar-refractivity contribution is 6.74. The molecule has 5 nitrogen and oxygen atoms in total. The lowest BCUT2D eigenvalue weighted by molar-refractivity contribution is 0.211. The summed E-state index contributed by atoms with van der Waals surface area (Å²) in [4.78, 5) is 10.7. The lowest BCUT2D eigenvalue weighted by Gasteiger charge is -2.36. The minimum atomic E-state index is -2.01. The van der Waals surface area contributed by atoms with Crippen LogP contribution in [0.2, 0.25) is 18.1 Å². The highest BCUT2D eigenvalue weighted by Crippen LogP contribution is 2.37. The molecular weight excluding hydrogens is 404 g/mol. The van der Waals surface area contributed by atoms with E-state index in [1.807, 2.05) is 0 Å². The van der Waals surface area contributed by atoms with E-state index in [-0.39, 0.29) is 17.5 Å². The Balaban J connectivity index is 1.79. The lowest BCUT2D eigenvalue weighted by Crippen LogP contribution is -2.48. The summed E-state index contributed by atoms with van der Waals surface area (Å²) in [5.41, 5.74) is 2.00. The number of nitrogens with zero attached hydrogens (tertiary/aromatic N) is 3. The van der Waals surface area contributed by atoms with Crippen molar-refractivity contribution in [3.05, 3.63) is 47.7 Å². The minimum Gasteiger partial charge on any atom is -0.412 e. The average molecular weight is 434 g/mol. The third kappa shape index (κ3) is 4.54. The van der Waals surface area contributed by atoms with Gasteiger partial charge in [0.2, 0.25) is 0 Å². The molecule has 1 aromatic carbocycles. The maximum absolute atomic E-state index is 15.2. The van der Waals surface area contributed by atoms with Crippen LogP contribution < -0.4 is 4.90 Å². The summed E-state index contributed by atoms with van der Waals surface area (Å²) >= 11 is 0. The number of aromatic nitrogens is 1. The Morgan fingerprint density at radius 1 is 1.20 bits per heavy atom. The summed E-state index contributed by atoms with van der Waals surface area (Å²) in [7, 11) is -0.533. The molecule has 2 aromatic rings. The number of hydrogen-bond donors (Lipinski definition) is 0. The SMILES string of the molecule is CON=C1CN(c2ncc(-c3cccc(CO[Si](C)(C)C(C)(C)C)c3F)cc2F)C1. The summed E-state index contributed by atoms with van der Waals surface area (Å²) in [6.07, 6.45) is 1.50. The van der Waals surface area contributed by atoms with E-state index in [4.69, 9.17) is 9.26 Å². The highest BCUT2D eigenvalue weighted by atomic mass is 28.4. The van der Waals surface area contributed by atoms with Crippen molar-refractivity contribution in [1.82, 2.24) is 4.98 Å². The van der Waals surface area contributed by atoms with E-state index in [2.05, 4.69) is 44.0 Å². The Hall–Kier alpha value is -2.32. The molecule has 162 valence electrons. The molecule has 0 spiro atoms. The van der Waals surface area contributed by atoms with Crippen LogP contribution in [0.4, 0.5) is 14.6 Å². The predicted molar refractivity (Wildman–Crippen MR) is 118 cm³/mol. The van der Waals surface area contributed by atoms with E-state index in [0.29, 0.717) is 29.8 Å². The molecule has 1 saturated heterocycles. The van der Waals surface area contributed by atoms with Crippen molar-refractivity contribution in [2.24, 2.45) is 5.16 Å². The monoisotopic (exact) mass is 433 g/mol. The van der Waals surface area contributed by atoms with E-state index in [1.165, 1.54) is 19.4 Å². The number of hydrogen-bond acceptors (Lipinski definition) is 5. The van der Waals surface area contributed by atoms with Crippen LogP contribution in [0.1, 0.15) is 26.3 Å². The summed E-state index contributed by atoms with van der Waals surface area (Å²) in [5.74, 6) is -0.665. The van der Waals surface area contributed by atoms with E-state index in [9.17, 15) is 4.39 Å². The molecule has 30 heavy (non-hydrogen) atoms. The van der Waals surface area contributed by atoms with Crippen LogP contribution >= 0.6 is 0 Å². The van der Waals surface area contributed by atoms with Crippen LogP contribution in [0.3, 0.4) is 0 Å². The van der Waals surface area contributed by atoms with Gasteiger partial charge < -0.3 is 14.2 Å². The molecule has 2 heterocycles. The maximum Gasteiger partial charge on any atom is 0.192 e. The van der Waals surface area contributed by atoms with Crippen LogP contribution in [0.15, 0.2) is 35.6 Å². The van der Waals surface area contributed by atoms with Gasteiger partial charge in [-0.1, -0.05) is 44.1 Å². The van der Waals surface area contributed by atoms with Gasteiger partial charge in [-0.05, 0) is 24.2 Å². The van der Waals surface area contributed by atoms with Gasteiger partial charge in [-0.25, -0.2) is 13.8 Å². The third-order valence-electron chi connectivity index (χ3n) is 5.87. The molecule has 0 N–H and O–H groups in total. The molecule has 0 atom stereocenters. The molecule has 0 saturated carbocycles. The van der Waals surface area contributed by atoms with Gasteiger partial charge in [-0.3, -0.25) is 0 Å². The van der Waals surface area contributed by atoms with Crippen LogP contribution in [-0.4, -0.2) is 39.2 Å². The van der Waals surface area contributed by atoms with Crippen molar-refractivity contribution in [1.29, 1.82) is 0 Å². The van der Waals surface area contributed by atoms with Crippen molar-refractivity contribution in [2.75, 3.05) is 25.1 Å². The second-order valence-electron chi connectivity index (χ2n) is 9.05. The fourth-order valence-electron chi connectivity index (χ4n) is 2.93. The number of oxime groups is 1. The smallest absolute Gasteiger partial charge is 0.192 e. The van der Waals surface area contributed by atoms with Gasteiger partial charge in [0.1, 0.15) is 12.9 Å². The summed E-state index contributed by atoms with van der Waals surface area (Å²) in [6.45, 7) is 11.8. The number of anilines is 1. The quantitative estimate of drug-likeness (QED) is 0.454. The Kier molecular flexibility index (Phi) is 6.28. The lowest BCUT2D eigenvalue weighted by atomic mass is 10.0. The summed E-state index contributed by atoms with van der Waals surface area (Å²) in [5, 5.41) is 3.87. The van der Waals surface area contributed by atoms with E-state index >= 15 is 4.39 Å². The normalized spacial score (nSPS) is 14.5. The Morgan fingerprint density at radius 3 is 2.50 bits per heavy atom. The summed E-state index contributed by atoms with van der Waals surface area (Å²) in [6, 6.07) is 6.43. The van der Waals surface area contributed by atoms with Crippen molar-refractivity contribution in [3.63, 3.8) is 0 Å². The first-order valence-electron chi connectivity index (χ1n) is 9.94. The third-order valence-corrected chi connectivity index (χ3v) is 10.4. The van der Waals surface area contributed by atoms with Crippen molar-refractivity contribution >= 4 is 19.8 Å².